The molecule has 0 saturated carbocycles. The molecule has 1 N–H and O–H groups in total. The highest BCUT2D eigenvalue weighted by Gasteiger charge is 2.20. The monoisotopic (exact) mass is 421 g/mol. The third-order valence-corrected chi connectivity index (χ3v) is 6.81. The number of aromatic nitrogens is 2. The van der Waals surface area contributed by atoms with Gasteiger partial charge >= 0.3 is 0 Å². The zero-order valence-corrected chi connectivity index (χ0v) is 17.3. The molecule has 1 aliphatic rings. The topological polar surface area (TPSA) is 64.1 Å². The lowest BCUT2D eigenvalue weighted by molar-refractivity contribution is 0.0925. The Kier molecular flexibility index (Phi) is 5.10. The summed E-state index contributed by atoms with van der Waals surface area (Å²) in [5.41, 5.74) is 4.79. The number of ether oxygens (including phenoxy) is 1. The minimum atomic E-state index is -0.131. The van der Waals surface area contributed by atoms with Crippen LogP contribution in [0.5, 0.6) is 0 Å². The number of nitrogens with one attached hydrogen (secondary N) is 1. The van der Waals surface area contributed by atoms with Crippen molar-refractivity contribution < 1.29 is 9.53 Å². The molecule has 5 rings (SSSR count). The van der Waals surface area contributed by atoms with E-state index in [1.54, 1.807) is 22.7 Å². The van der Waals surface area contributed by atoms with Crippen molar-refractivity contribution in [1.29, 1.82) is 0 Å². The molecule has 3 aromatic heterocycles. The van der Waals surface area contributed by atoms with Crippen molar-refractivity contribution in [2.24, 2.45) is 0 Å². The van der Waals surface area contributed by atoms with E-state index in [4.69, 9.17) is 4.74 Å². The zero-order chi connectivity index (χ0) is 19.6. The molecule has 1 saturated heterocycles. The Hall–Kier alpha value is -2.61. The summed E-state index contributed by atoms with van der Waals surface area (Å²) in [5, 5.41) is 8.07. The molecule has 7 heteroatoms. The van der Waals surface area contributed by atoms with Crippen LogP contribution in [0.4, 0.5) is 0 Å². The highest BCUT2D eigenvalue weighted by molar-refractivity contribution is 7.17. The maximum atomic E-state index is 12.7. The molecular formula is C22H19N3O2S2. The average molecular weight is 422 g/mol. The quantitative estimate of drug-likeness (QED) is 0.514. The van der Waals surface area contributed by atoms with Crippen LogP contribution in [0.3, 0.4) is 0 Å². The minimum Gasteiger partial charge on any atom is -0.379 e. The first-order valence-electron chi connectivity index (χ1n) is 9.51. The number of fused-ring (bicyclic) bond motifs is 1. The number of carbonyl (C=O) groups excluding carboxylic acids is 1. The van der Waals surface area contributed by atoms with Gasteiger partial charge in [0.25, 0.3) is 5.91 Å². The predicted molar refractivity (Wildman–Crippen MR) is 117 cm³/mol. The molecule has 1 atom stereocenters. The number of rotatable bonds is 5. The van der Waals surface area contributed by atoms with Crippen LogP contribution in [-0.2, 0) is 11.2 Å². The lowest BCUT2D eigenvalue weighted by Gasteiger charge is -2.12. The Morgan fingerprint density at radius 2 is 2.07 bits per heavy atom. The number of nitrogens with zero attached hydrogens (tertiary/aromatic N) is 2. The van der Waals surface area contributed by atoms with Crippen LogP contribution in [0.15, 0.2) is 53.4 Å². The van der Waals surface area contributed by atoms with Gasteiger partial charge in [0, 0.05) is 23.7 Å². The number of carbonyl (C=O) groups is 1. The number of benzene rings is 1. The van der Waals surface area contributed by atoms with E-state index < -0.39 is 0 Å². The Labute approximate surface area is 176 Å². The predicted octanol–water partition coefficient (Wildman–Crippen LogP) is 4.53. The summed E-state index contributed by atoms with van der Waals surface area (Å²) in [4.78, 5) is 21.7. The van der Waals surface area contributed by atoms with E-state index >= 15 is 0 Å². The van der Waals surface area contributed by atoms with Crippen molar-refractivity contribution in [2.75, 3.05) is 13.2 Å². The largest absolute Gasteiger partial charge is 0.379 e. The Balaban J connectivity index is 1.41. The van der Waals surface area contributed by atoms with E-state index in [0.717, 1.165) is 39.2 Å². The molecule has 1 aromatic carbocycles. The fraction of sp³-hybridized carbons (Fsp3) is 0.227. The van der Waals surface area contributed by atoms with Gasteiger partial charge in [-0.05, 0) is 41.5 Å². The van der Waals surface area contributed by atoms with Gasteiger partial charge in [0.2, 0.25) is 0 Å². The second kappa shape index (κ2) is 8.02. The molecule has 0 bridgehead atoms. The van der Waals surface area contributed by atoms with E-state index in [1.165, 1.54) is 5.56 Å². The molecule has 29 heavy (non-hydrogen) atoms. The van der Waals surface area contributed by atoms with Crippen LogP contribution in [0, 0.1) is 0 Å². The lowest BCUT2D eigenvalue weighted by atomic mass is 10.0. The van der Waals surface area contributed by atoms with Crippen molar-refractivity contribution in [3.63, 3.8) is 0 Å². The molecule has 0 radical (unpaired) electrons. The molecule has 4 aromatic rings. The maximum Gasteiger partial charge on any atom is 0.270 e. The van der Waals surface area contributed by atoms with Gasteiger partial charge in [-0.3, -0.25) is 4.79 Å². The van der Waals surface area contributed by atoms with Gasteiger partial charge in [0.15, 0.2) is 0 Å². The van der Waals surface area contributed by atoms with Gasteiger partial charge in [-0.1, -0.05) is 24.3 Å². The first-order chi connectivity index (χ1) is 14.3. The number of thiazole rings is 1. The molecule has 1 fully saturated rings. The van der Waals surface area contributed by atoms with E-state index in [9.17, 15) is 4.79 Å². The van der Waals surface area contributed by atoms with Gasteiger partial charge in [-0.2, -0.15) is 0 Å². The van der Waals surface area contributed by atoms with Crippen molar-refractivity contribution in [1.82, 2.24) is 15.3 Å². The van der Waals surface area contributed by atoms with Crippen molar-refractivity contribution in [3.8, 4) is 10.6 Å². The molecule has 0 unspecified atom stereocenters. The van der Waals surface area contributed by atoms with Gasteiger partial charge < -0.3 is 10.1 Å². The molecule has 5 nitrogen and oxygen atoms in total. The third-order valence-electron chi connectivity index (χ3n) is 5.01. The first kappa shape index (κ1) is 18.4. The zero-order valence-electron chi connectivity index (χ0n) is 15.6. The van der Waals surface area contributed by atoms with Crippen LogP contribution in [0.25, 0.3) is 20.8 Å². The summed E-state index contributed by atoms with van der Waals surface area (Å²) in [6.45, 7) is 1.27. The SMILES string of the molecule is O=C(N[C@@H]1CCOC1)c1cc(Cc2ccc(-c3nccs3)cc2)c2sccc2n1. The summed E-state index contributed by atoms with van der Waals surface area (Å²) in [6.07, 6.45) is 3.43. The number of hydrogen-bond acceptors (Lipinski definition) is 6. The number of pyridine rings is 1. The average Bonchev–Trinajstić information content (AvgIpc) is 3.50. The Bertz CT molecular complexity index is 1130. The number of hydrogen-bond donors (Lipinski definition) is 1. The summed E-state index contributed by atoms with van der Waals surface area (Å²) in [6, 6.07) is 12.5. The van der Waals surface area contributed by atoms with Gasteiger partial charge in [-0.15, -0.1) is 22.7 Å². The highest BCUT2D eigenvalue weighted by atomic mass is 32.1. The molecule has 1 aliphatic heterocycles. The number of amides is 1. The molecule has 1 amide bonds. The second-order valence-electron chi connectivity index (χ2n) is 7.05. The van der Waals surface area contributed by atoms with Gasteiger partial charge in [0.05, 0.1) is 22.9 Å². The van der Waals surface area contributed by atoms with Gasteiger partial charge in [-0.25, -0.2) is 9.97 Å². The first-order valence-corrected chi connectivity index (χ1v) is 11.3. The summed E-state index contributed by atoms with van der Waals surface area (Å²) in [7, 11) is 0. The Morgan fingerprint density at radius 3 is 2.83 bits per heavy atom. The summed E-state index contributed by atoms with van der Waals surface area (Å²) < 4.78 is 6.49. The fourth-order valence-electron chi connectivity index (χ4n) is 3.53. The summed E-state index contributed by atoms with van der Waals surface area (Å²) >= 11 is 3.30. The third kappa shape index (κ3) is 3.94. The highest BCUT2D eigenvalue weighted by Crippen LogP contribution is 2.28. The fourth-order valence-corrected chi connectivity index (χ4v) is 5.02. The number of thiophene rings is 1. The van der Waals surface area contributed by atoms with E-state index in [2.05, 4.69) is 39.6 Å². The van der Waals surface area contributed by atoms with Crippen molar-refractivity contribution in [2.45, 2.75) is 18.9 Å². The van der Waals surface area contributed by atoms with Crippen LogP contribution >= 0.6 is 22.7 Å². The van der Waals surface area contributed by atoms with Crippen molar-refractivity contribution >= 4 is 38.8 Å². The van der Waals surface area contributed by atoms with Gasteiger partial charge in [0.1, 0.15) is 10.7 Å². The molecule has 0 aliphatic carbocycles. The molecule has 146 valence electrons. The minimum absolute atomic E-state index is 0.0735. The molecule has 0 spiro atoms. The standard InChI is InChI=1S/C22H19N3O2S2/c26-21(24-17-5-8-27-13-17)19-12-16(20-18(25-19)6-9-28-20)11-14-1-3-15(4-2-14)22-23-7-10-29-22/h1-4,6-7,9-10,12,17H,5,8,11,13H2,(H,24,26)/t17-/m1/s1. The normalized spacial score (nSPS) is 16.3. The smallest absolute Gasteiger partial charge is 0.270 e. The summed E-state index contributed by atoms with van der Waals surface area (Å²) in [5.74, 6) is -0.131. The maximum absolute atomic E-state index is 12.7. The van der Waals surface area contributed by atoms with E-state index in [-0.39, 0.29) is 11.9 Å². The van der Waals surface area contributed by atoms with Crippen LogP contribution in [-0.4, -0.2) is 35.1 Å². The molecular weight excluding hydrogens is 402 g/mol. The van der Waals surface area contributed by atoms with Crippen LogP contribution in [0.2, 0.25) is 0 Å². The van der Waals surface area contributed by atoms with E-state index in [1.807, 2.05) is 29.1 Å². The van der Waals surface area contributed by atoms with E-state index in [0.29, 0.717) is 18.9 Å². The molecule has 4 heterocycles. The second-order valence-corrected chi connectivity index (χ2v) is 8.86. The Morgan fingerprint density at radius 1 is 1.17 bits per heavy atom. The van der Waals surface area contributed by atoms with Crippen LogP contribution < -0.4 is 5.32 Å². The lowest BCUT2D eigenvalue weighted by Crippen LogP contribution is -2.35. The van der Waals surface area contributed by atoms with Crippen LogP contribution in [0.1, 0.15) is 28.0 Å². The van der Waals surface area contributed by atoms with Crippen molar-refractivity contribution in [3.05, 3.63) is 70.2 Å².